The zero-order chi connectivity index (χ0) is 57.0. The molecule has 0 radical (unpaired) electrons. The van der Waals surface area contributed by atoms with Crippen LogP contribution in [-0.2, 0) is 48.5 Å². The Morgan fingerprint density at radius 1 is 0.354 bits per heavy atom. The molecule has 0 fully saturated rings. The average Bonchev–Trinajstić information content (AvgIpc) is 4.33. The van der Waals surface area contributed by atoms with Crippen molar-refractivity contribution in [2.45, 2.75) is 108 Å². The first kappa shape index (κ1) is 67.3. The second-order valence-electron chi connectivity index (χ2n) is 20.9. The van der Waals surface area contributed by atoms with Crippen LogP contribution in [0.4, 0.5) is 0 Å². The monoisotopic (exact) mass is 1270 g/mol. The van der Waals surface area contributed by atoms with Crippen molar-refractivity contribution in [2.75, 3.05) is 0 Å². The maximum absolute atomic E-state index is 3.41. The summed E-state index contributed by atoms with van der Waals surface area (Å²) >= 11 is 2.92. The van der Waals surface area contributed by atoms with Crippen LogP contribution in [0.2, 0.25) is 0 Å². The molecule has 0 aliphatic heterocycles. The molecule has 12 rings (SSSR count). The van der Waals surface area contributed by atoms with E-state index < -0.39 is 0 Å². The SMILES string of the molecule is CCC1=C(CC)C(CC)[C-]=C1.CCC1=C(CC)C(CC)[C-]=C1.Cc1ccc2c(c1)[cH-]c1cc(C)ccc12.Cc1ccc2c(c1)[cH-]c1cc(C)ccc12.[Cl-].[Cl-].[Zr+2]=[C](c1ccccc1)c1ccccc1.[Zr+2]=[C](c1ccccc1)c1ccccc1. The summed E-state index contributed by atoms with van der Waals surface area (Å²) in [6, 6.07) is 73.4. The number of aryl methyl sites for hydroxylation is 4. The summed E-state index contributed by atoms with van der Waals surface area (Å²) in [7, 11) is 0. The molecule has 0 heterocycles. The Labute approximate surface area is 534 Å². The van der Waals surface area contributed by atoms with Gasteiger partial charge in [-0.1, -0.05) is 163 Å². The third kappa shape index (κ3) is 18.3. The molecule has 2 atom stereocenters. The van der Waals surface area contributed by atoms with Crippen molar-refractivity contribution in [2.24, 2.45) is 11.8 Å². The molecule has 2 unspecified atom stereocenters. The van der Waals surface area contributed by atoms with E-state index in [1.807, 2.05) is 0 Å². The number of halogens is 2. The number of fused-ring (bicyclic) bond motifs is 6. The predicted octanol–water partition coefficient (Wildman–Crippen LogP) is 15.3. The number of allylic oxidation sites excluding steroid dienone is 8. The first-order chi connectivity index (χ1) is 38.9. The minimum atomic E-state index is 0. The van der Waals surface area contributed by atoms with Gasteiger partial charge in [0.15, 0.2) is 0 Å². The van der Waals surface area contributed by atoms with E-state index in [0.717, 1.165) is 0 Å². The summed E-state index contributed by atoms with van der Waals surface area (Å²) in [5, 5.41) is 10.9. The third-order valence-electron chi connectivity index (χ3n) is 15.2. The first-order valence-corrected chi connectivity index (χ1v) is 31.5. The van der Waals surface area contributed by atoms with Crippen molar-refractivity contribution in [3.05, 3.63) is 297 Å². The van der Waals surface area contributed by atoms with Gasteiger partial charge in [0.2, 0.25) is 0 Å². The Bertz CT molecular complexity index is 3290. The molecule has 416 valence electrons. The van der Waals surface area contributed by atoms with Crippen LogP contribution in [0.25, 0.3) is 43.1 Å². The molecule has 82 heavy (non-hydrogen) atoms. The van der Waals surface area contributed by atoms with Crippen LogP contribution in [0.15, 0.2) is 241 Å². The van der Waals surface area contributed by atoms with Crippen LogP contribution in [0.1, 0.15) is 125 Å². The topological polar surface area (TPSA) is 0 Å². The zero-order valence-electron chi connectivity index (χ0n) is 49.9. The van der Waals surface area contributed by atoms with Crippen molar-refractivity contribution in [1.82, 2.24) is 0 Å². The fraction of sp³-hybridized carbons (Fsp3) is 0.231. The summed E-state index contributed by atoms with van der Waals surface area (Å²) in [5.74, 6) is 1.27. The third-order valence-corrected chi connectivity index (χ3v) is 18.0. The molecule has 2 aliphatic rings. The maximum atomic E-state index is 3.41. The molecular formula is C78H80Cl2Zr2-2. The van der Waals surface area contributed by atoms with Crippen LogP contribution in [0, 0.1) is 51.7 Å². The molecule has 10 aromatic carbocycles. The van der Waals surface area contributed by atoms with Crippen molar-refractivity contribution >= 4 is 49.5 Å². The second-order valence-corrected chi connectivity index (χ2v) is 23.4. The van der Waals surface area contributed by atoms with Gasteiger partial charge in [0.25, 0.3) is 0 Å². The number of hydrogen-bond donors (Lipinski definition) is 0. The van der Waals surface area contributed by atoms with Gasteiger partial charge in [0.05, 0.1) is 0 Å². The predicted molar refractivity (Wildman–Crippen MR) is 344 cm³/mol. The van der Waals surface area contributed by atoms with Crippen LogP contribution in [0.3, 0.4) is 0 Å². The molecule has 0 N–H and O–H groups in total. The number of hydrogen-bond acceptors (Lipinski definition) is 0. The van der Waals surface area contributed by atoms with Gasteiger partial charge in [-0.3, -0.25) is 12.2 Å². The fourth-order valence-corrected chi connectivity index (χ4v) is 12.5. The van der Waals surface area contributed by atoms with E-state index in [1.165, 1.54) is 192 Å². The Hall–Kier alpha value is -5.45. The summed E-state index contributed by atoms with van der Waals surface area (Å²) in [4.78, 5) is 0. The Morgan fingerprint density at radius 3 is 0.805 bits per heavy atom. The van der Waals surface area contributed by atoms with E-state index >= 15 is 0 Å². The van der Waals surface area contributed by atoms with E-state index in [4.69, 9.17) is 0 Å². The molecule has 0 saturated heterocycles. The molecule has 0 aromatic heterocycles. The van der Waals surface area contributed by atoms with E-state index in [2.05, 4.69) is 300 Å². The van der Waals surface area contributed by atoms with Crippen molar-refractivity contribution in [1.29, 1.82) is 0 Å². The summed E-state index contributed by atoms with van der Waals surface area (Å²) < 4.78 is 2.83. The minimum absolute atomic E-state index is 0. The molecule has 10 aromatic rings. The number of benzene rings is 8. The second kappa shape index (κ2) is 34.4. The van der Waals surface area contributed by atoms with Gasteiger partial charge in [0, 0.05) is 0 Å². The van der Waals surface area contributed by atoms with Gasteiger partial charge in [-0.25, -0.2) is 12.2 Å². The van der Waals surface area contributed by atoms with E-state index in [-0.39, 0.29) is 24.8 Å². The Kier molecular flexibility index (Phi) is 28.2. The van der Waals surface area contributed by atoms with Gasteiger partial charge in [0.1, 0.15) is 0 Å². The normalized spacial score (nSPS) is 13.8. The molecule has 0 amide bonds. The van der Waals surface area contributed by atoms with Crippen molar-refractivity contribution < 1.29 is 73.3 Å². The number of rotatable bonds is 10. The molecule has 0 bridgehead atoms. The molecule has 0 nitrogen and oxygen atoms in total. The standard InChI is InChI=1S/2C15H13.2C13H10.2C11H17.2ClH.2Zr/c2*1-10-3-5-14-12(7-10)9-13-8-11(2)4-6-15(13)14;2*1-3-7-12(8-4-1)11-13-9-5-2-6-10-13;2*1-4-9-7-8-10(5-2)11(9)6-3;;;;/h2*3-9H,1-2H3;2*1-10H;2*7,10H,4-6H2,1-3H3;2*1H;;/q2*-1;;;2*-1;;;2*+2/p-2. The van der Waals surface area contributed by atoms with E-state index in [0.29, 0.717) is 11.8 Å². The first-order valence-electron chi connectivity index (χ1n) is 29.0. The van der Waals surface area contributed by atoms with Crippen LogP contribution in [0.5, 0.6) is 0 Å². The molecule has 0 saturated carbocycles. The molecular weight excluding hydrogens is 1190 g/mol. The van der Waals surface area contributed by atoms with Gasteiger partial charge in [-0.15, -0.1) is 79.5 Å². The van der Waals surface area contributed by atoms with E-state index in [9.17, 15) is 0 Å². The van der Waals surface area contributed by atoms with Gasteiger partial charge >= 0.3 is 198 Å². The Morgan fingerprint density at radius 2 is 0.598 bits per heavy atom. The fourth-order valence-electron chi connectivity index (χ4n) is 10.8. The van der Waals surface area contributed by atoms with Crippen molar-refractivity contribution in [3.63, 3.8) is 0 Å². The van der Waals surface area contributed by atoms with Crippen LogP contribution < -0.4 is 24.8 Å². The van der Waals surface area contributed by atoms with Gasteiger partial charge < -0.3 is 24.8 Å². The molecule has 2 aliphatic carbocycles. The zero-order valence-corrected chi connectivity index (χ0v) is 56.4. The van der Waals surface area contributed by atoms with Crippen molar-refractivity contribution in [3.8, 4) is 0 Å². The summed E-state index contributed by atoms with van der Waals surface area (Å²) in [5.41, 5.74) is 16.9. The van der Waals surface area contributed by atoms with Gasteiger partial charge in [-0.05, 0) is 27.7 Å². The average molecular weight is 1270 g/mol. The van der Waals surface area contributed by atoms with Gasteiger partial charge in [-0.2, -0.15) is 22.3 Å². The quantitative estimate of drug-likeness (QED) is 0.120. The Balaban J connectivity index is 0.000000180. The summed E-state index contributed by atoms with van der Waals surface area (Å²) in [6.07, 6.45) is 18.4. The molecule has 0 spiro atoms. The van der Waals surface area contributed by atoms with Crippen LogP contribution in [-0.4, -0.2) is 6.41 Å². The summed E-state index contributed by atoms with van der Waals surface area (Å²) in [6.45, 7) is 22.0. The molecule has 4 heteroatoms. The van der Waals surface area contributed by atoms with E-state index in [1.54, 1.807) is 11.1 Å². The van der Waals surface area contributed by atoms with Crippen LogP contribution >= 0.6 is 0 Å².